The van der Waals surface area contributed by atoms with E-state index in [1.807, 2.05) is 12.1 Å². The van der Waals surface area contributed by atoms with E-state index in [9.17, 15) is 13.6 Å². The van der Waals surface area contributed by atoms with E-state index in [1.54, 1.807) is 12.3 Å². The minimum atomic E-state index is -0.762. The quantitative estimate of drug-likeness (QED) is 0.192. The van der Waals surface area contributed by atoms with E-state index in [-0.39, 0.29) is 18.5 Å². The Morgan fingerprint density at radius 2 is 1.82 bits per heavy atom. The fourth-order valence-corrected chi connectivity index (χ4v) is 3.99. The van der Waals surface area contributed by atoms with Gasteiger partial charge in [-0.1, -0.05) is 56.4 Å². The van der Waals surface area contributed by atoms with Gasteiger partial charge in [-0.25, -0.2) is 13.6 Å². The number of pyridine rings is 1. The smallest absolute Gasteiger partial charge is 0.340 e. The molecule has 0 aliphatic rings. The summed E-state index contributed by atoms with van der Waals surface area (Å²) in [6.45, 7) is 5.00. The SMILES string of the molecule is CCCCC#Cc1cncc(C(=O)OC(CNCc2cccc(CC)c2)C(N)Cc2cc(F)cc(F)c2)c1. The second-order valence-corrected chi connectivity index (χ2v) is 9.26. The summed E-state index contributed by atoms with van der Waals surface area (Å²) in [5.74, 6) is 4.16. The Morgan fingerprint density at radius 3 is 2.55 bits per heavy atom. The van der Waals surface area contributed by atoms with Crippen molar-refractivity contribution in [2.75, 3.05) is 6.54 Å². The summed E-state index contributed by atoms with van der Waals surface area (Å²) in [7, 11) is 0. The predicted molar refractivity (Wildman–Crippen MR) is 145 cm³/mol. The van der Waals surface area contributed by atoms with Crippen LogP contribution in [-0.4, -0.2) is 29.6 Å². The van der Waals surface area contributed by atoms with Gasteiger partial charge >= 0.3 is 5.97 Å². The van der Waals surface area contributed by atoms with E-state index >= 15 is 0 Å². The number of benzene rings is 2. The molecule has 2 aromatic carbocycles. The molecule has 0 aliphatic carbocycles. The number of esters is 1. The molecule has 1 heterocycles. The van der Waals surface area contributed by atoms with Crippen LogP contribution >= 0.6 is 0 Å². The van der Waals surface area contributed by atoms with Gasteiger partial charge in [0, 0.05) is 49.6 Å². The van der Waals surface area contributed by atoms with Crippen LogP contribution in [0.1, 0.15) is 65.7 Å². The van der Waals surface area contributed by atoms with Crippen LogP contribution < -0.4 is 11.1 Å². The fraction of sp³-hybridized carbons (Fsp3) is 0.355. The zero-order valence-electron chi connectivity index (χ0n) is 22.0. The normalized spacial score (nSPS) is 12.3. The largest absolute Gasteiger partial charge is 0.456 e. The Bertz CT molecular complexity index is 1250. The molecule has 2 unspecified atom stereocenters. The van der Waals surface area contributed by atoms with Crippen molar-refractivity contribution in [2.45, 2.75) is 64.6 Å². The van der Waals surface area contributed by atoms with Crippen LogP contribution in [-0.2, 0) is 24.1 Å². The Hall–Kier alpha value is -3.60. The molecule has 0 spiro atoms. The molecule has 0 amide bonds. The maximum absolute atomic E-state index is 13.7. The summed E-state index contributed by atoms with van der Waals surface area (Å²) in [6, 6.07) is 12.4. The first-order chi connectivity index (χ1) is 18.4. The number of unbranched alkanes of at least 4 members (excludes halogenated alkanes) is 2. The maximum Gasteiger partial charge on any atom is 0.340 e. The number of carbonyl (C=O) groups is 1. The van der Waals surface area contributed by atoms with Crippen LogP contribution in [0, 0.1) is 23.5 Å². The number of halogens is 2. The third kappa shape index (κ3) is 9.37. The molecule has 2 atom stereocenters. The van der Waals surface area contributed by atoms with E-state index in [4.69, 9.17) is 10.5 Å². The number of carbonyl (C=O) groups excluding carboxylic acids is 1. The predicted octanol–water partition coefficient (Wildman–Crippen LogP) is 5.35. The lowest BCUT2D eigenvalue weighted by Crippen LogP contribution is -2.46. The average molecular weight is 520 g/mol. The molecular formula is C31H35F2N3O2. The minimum absolute atomic E-state index is 0.126. The van der Waals surface area contributed by atoms with Crippen LogP contribution in [0.4, 0.5) is 8.78 Å². The molecule has 0 aliphatic heterocycles. The number of nitrogens with zero attached hydrogens (tertiary/aromatic N) is 1. The van der Waals surface area contributed by atoms with E-state index in [0.29, 0.717) is 17.7 Å². The van der Waals surface area contributed by atoms with Gasteiger partial charge in [-0.3, -0.25) is 4.98 Å². The molecule has 0 bridgehead atoms. The van der Waals surface area contributed by atoms with Gasteiger partial charge in [-0.15, -0.1) is 0 Å². The van der Waals surface area contributed by atoms with Gasteiger partial charge in [-0.2, -0.15) is 0 Å². The number of aromatic nitrogens is 1. The maximum atomic E-state index is 13.7. The molecule has 5 nitrogen and oxygen atoms in total. The highest BCUT2D eigenvalue weighted by Crippen LogP contribution is 2.14. The highest BCUT2D eigenvalue weighted by molar-refractivity contribution is 5.89. The number of hydrogen-bond acceptors (Lipinski definition) is 5. The van der Waals surface area contributed by atoms with Crippen LogP contribution in [0.25, 0.3) is 0 Å². The van der Waals surface area contributed by atoms with Crippen molar-refractivity contribution in [3.63, 3.8) is 0 Å². The first kappa shape index (κ1) is 29.0. The van der Waals surface area contributed by atoms with Gasteiger partial charge in [0.05, 0.1) is 5.56 Å². The summed E-state index contributed by atoms with van der Waals surface area (Å²) >= 11 is 0. The summed E-state index contributed by atoms with van der Waals surface area (Å²) in [5.41, 5.74) is 10.0. The van der Waals surface area contributed by atoms with Crippen LogP contribution in [0.15, 0.2) is 60.9 Å². The molecule has 200 valence electrons. The lowest BCUT2D eigenvalue weighted by Gasteiger charge is -2.25. The van der Waals surface area contributed by atoms with Crippen molar-refractivity contribution >= 4 is 5.97 Å². The lowest BCUT2D eigenvalue weighted by molar-refractivity contribution is 0.0237. The van der Waals surface area contributed by atoms with Crippen LogP contribution in [0.5, 0.6) is 0 Å². The van der Waals surface area contributed by atoms with Crippen molar-refractivity contribution in [3.8, 4) is 11.8 Å². The van der Waals surface area contributed by atoms with Crippen LogP contribution in [0.3, 0.4) is 0 Å². The molecular weight excluding hydrogens is 484 g/mol. The molecule has 3 aromatic rings. The second kappa shape index (κ2) is 15.0. The monoisotopic (exact) mass is 519 g/mol. The number of rotatable bonds is 12. The number of ether oxygens (including phenoxy) is 1. The Balaban J connectivity index is 1.73. The van der Waals surface area contributed by atoms with Gasteiger partial charge in [0.2, 0.25) is 0 Å². The molecule has 3 rings (SSSR count). The van der Waals surface area contributed by atoms with E-state index in [1.165, 1.54) is 23.9 Å². The van der Waals surface area contributed by atoms with Gasteiger partial charge in [0.25, 0.3) is 0 Å². The van der Waals surface area contributed by atoms with Crippen molar-refractivity contribution in [1.29, 1.82) is 0 Å². The Morgan fingerprint density at radius 1 is 1.05 bits per heavy atom. The van der Waals surface area contributed by atoms with Gasteiger partial charge < -0.3 is 15.8 Å². The van der Waals surface area contributed by atoms with Crippen molar-refractivity contribution in [2.24, 2.45) is 5.73 Å². The van der Waals surface area contributed by atoms with E-state index in [2.05, 4.69) is 48.1 Å². The Labute approximate surface area is 223 Å². The summed E-state index contributed by atoms with van der Waals surface area (Å²) in [6.07, 6.45) is 6.16. The van der Waals surface area contributed by atoms with Crippen molar-refractivity contribution in [1.82, 2.24) is 10.3 Å². The molecule has 0 saturated heterocycles. The van der Waals surface area contributed by atoms with E-state index in [0.717, 1.165) is 37.3 Å². The number of aryl methyl sites for hydroxylation is 1. The van der Waals surface area contributed by atoms with Gasteiger partial charge in [0.15, 0.2) is 0 Å². The Kier molecular flexibility index (Phi) is 11.4. The summed E-state index contributed by atoms with van der Waals surface area (Å²) < 4.78 is 33.3. The number of nitrogens with two attached hydrogens (primary N) is 1. The minimum Gasteiger partial charge on any atom is -0.456 e. The highest BCUT2D eigenvalue weighted by Gasteiger charge is 2.24. The lowest BCUT2D eigenvalue weighted by atomic mass is 10.0. The van der Waals surface area contributed by atoms with Crippen molar-refractivity contribution in [3.05, 3.63) is 100 Å². The molecule has 7 heteroatoms. The summed E-state index contributed by atoms with van der Waals surface area (Å²) in [4.78, 5) is 17.2. The summed E-state index contributed by atoms with van der Waals surface area (Å²) in [5, 5.41) is 3.31. The average Bonchev–Trinajstić information content (AvgIpc) is 2.90. The topological polar surface area (TPSA) is 77.2 Å². The van der Waals surface area contributed by atoms with Crippen LogP contribution in [0.2, 0.25) is 0 Å². The van der Waals surface area contributed by atoms with Crippen molar-refractivity contribution < 1.29 is 18.3 Å². The number of hydrogen-bond donors (Lipinski definition) is 2. The number of nitrogens with one attached hydrogen (secondary N) is 1. The molecule has 0 saturated carbocycles. The fourth-order valence-electron chi connectivity index (χ4n) is 3.99. The van der Waals surface area contributed by atoms with E-state index < -0.39 is 29.7 Å². The first-order valence-electron chi connectivity index (χ1n) is 13.0. The third-order valence-electron chi connectivity index (χ3n) is 6.07. The highest BCUT2D eigenvalue weighted by atomic mass is 19.1. The zero-order valence-corrected chi connectivity index (χ0v) is 22.0. The molecule has 0 fully saturated rings. The molecule has 38 heavy (non-hydrogen) atoms. The first-order valence-corrected chi connectivity index (χ1v) is 13.0. The second-order valence-electron chi connectivity index (χ2n) is 9.26. The molecule has 0 radical (unpaired) electrons. The molecule has 3 N–H and O–H groups in total. The zero-order chi connectivity index (χ0) is 27.3. The van der Waals surface area contributed by atoms with Gasteiger partial charge in [0.1, 0.15) is 17.7 Å². The standard InChI is InChI=1S/C31H35F2N3O2/c1-3-5-6-7-9-24-13-26(20-35-19-24)31(37)38-30(21-36-18-23-11-8-10-22(4-2)12-23)29(34)16-25-14-27(32)17-28(33)15-25/h8,10-15,17,19-20,29-30,36H,3-6,16,18,21,34H2,1-2H3. The third-order valence-corrected chi connectivity index (χ3v) is 6.07. The van der Waals surface area contributed by atoms with Gasteiger partial charge in [-0.05, 0) is 54.2 Å². The molecule has 1 aromatic heterocycles.